The van der Waals surface area contributed by atoms with Crippen molar-refractivity contribution in [1.82, 2.24) is 9.47 Å². The topological polar surface area (TPSA) is 8.17 Å². The SMILES string of the molecule is Cc1ccc(CN2CCCn3cccc3[C@H]2c2ccc(C)cc2)cc1. The molecule has 2 heterocycles. The Morgan fingerprint density at radius 2 is 1.52 bits per heavy atom. The van der Waals surface area contributed by atoms with Gasteiger partial charge in [0.1, 0.15) is 0 Å². The molecule has 4 rings (SSSR count). The Balaban J connectivity index is 1.72. The number of rotatable bonds is 3. The van der Waals surface area contributed by atoms with Gasteiger partial charge in [0, 0.05) is 31.5 Å². The fourth-order valence-corrected chi connectivity index (χ4v) is 3.87. The van der Waals surface area contributed by atoms with Gasteiger partial charge in [0.25, 0.3) is 0 Å². The zero-order chi connectivity index (χ0) is 17.2. The van der Waals surface area contributed by atoms with E-state index in [9.17, 15) is 0 Å². The summed E-state index contributed by atoms with van der Waals surface area (Å²) in [5.41, 5.74) is 6.83. The number of aryl methyl sites for hydroxylation is 3. The summed E-state index contributed by atoms with van der Waals surface area (Å²) in [7, 11) is 0. The Hall–Kier alpha value is -2.32. The van der Waals surface area contributed by atoms with Crippen LogP contribution in [0.3, 0.4) is 0 Å². The molecule has 3 aromatic rings. The zero-order valence-electron chi connectivity index (χ0n) is 15.2. The summed E-state index contributed by atoms with van der Waals surface area (Å²) in [4.78, 5) is 2.63. The van der Waals surface area contributed by atoms with Gasteiger partial charge in [-0.1, -0.05) is 59.7 Å². The minimum absolute atomic E-state index is 0.319. The molecule has 2 nitrogen and oxygen atoms in total. The predicted molar refractivity (Wildman–Crippen MR) is 104 cm³/mol. The largest absolute Gasteiger partial charge is 0.350 e. The molecule has 0 saturated carbocycles. The van der Waals surface area contributed by atoms with Crippen LogP contribution in [0, 0.1) is 13.8 Å². The summed E-state index contributed by atoms with van der Waals surface area (Å²) in [6.07, 6.45) is 3.42. The summed E-state index contributed by atoms with van der Waals surface area (Å²) in [6.45, 7) is 7.52. The van der Waals surface area contributed by atoms with Gasteiger partial charge in [-0.3, -0.25) is 4.90 Å². The first-order valence-corrected chi connectivity index (χ1v) is 9.22. The lowest BCUT2D eigenvalue weighted by molar-refractivity contribution is 0.220. The molecule has 0 N–H and O–H groups in total. The van der Waals surface area contributed by atoms with E-state index in [1.165, 1.54) is 34.4 Å². The van der Waals surface area contributed by atoms with Crippen molar-refractivity contribution in [2.24, 2.45) is 0 Å². The highest BCUT2D eigenvalue weighted by atomic mass is 15.2. The average Bonchev–Trinajstić information content (AvgIpc) is 3.00. The smallest absolute Gasteiger partial charge is 0.0759 e. The van der Waals surface area contributed by atoms with Crippen LogP contribution in [-0.4, -0.2) is 16.0 Å². The molecule has 0 saturated heterocycles. The Morgan fingerprint density at radius 3 is 2.24 bits per heavy atom. The second kappa shape index (κ2) is 6.89. The van der Waals surface area contributed by atoms with Crippen molar-refractivity contribution in [2.45, 2.75) is 39.4 Å². The summed E-state index contributed by atoms with van der Waals surface area (Å²) in [5, 5.41) is 0. The number of nitrogens with zero attached hydrogens (tertiary/aromatic N) is 2. The van der Waals surface area contributed by atoms with Crippen molar-refractivity contribution in [3.05, 3.63) is 94.8 Å². The molecular formula is C23H26N2. The predicted octanol–water partition coefficient (Wildman–Crippen LogP) is 5.10. The van der Waals surface area contributed by atoms with E-state index in [1.54, 1.807) is 0 Å². The van der Waals surface area contributed by atoms with Crippen molar-refractivity contribution >= 4 is 0 Å². The lowest BCUT2D eigenvalue weighted by Crippen LogP contribution is -2.29. The molecule has 0 aliphatic carbocycles. The molecule has 0 fully saturated rings. The molecule has 1 atom stereocenters. The van der Waals surface area contributed by atoms with E-state index in [2.05, 4.69) is 90.2 Å². The number of hydrogen-bond acceptors (Lipinski definition) is 1. The van der Waals surface area contributed by atoms with E-state index < -0.39 is 0 Å². The van der Waals surface area contributed by atoms with Gasteiger partial charge in [-0.2, -0.15) is 0 Å². The van der Waals surface area contributed by atoms with Crippen LogP contribution < -0.4 is 0 Å². The first kappa shape index (κ1) is 16.2. The lowest BCUT2D eigenvalue weighted by Gasteiger charge is -2.31. The third-order valence-electron chi connectivity index (χ3n) is 5.25. The van der Waals surface area contributed by atoms with Crippen molar-refractivity contribution in [1.29, 1.82) is 0 Å². The van der Waals surface area contributed by atoms with Crippen molar-refractivity contribution in [3.8, 4) is 0 Å². The van der Waals surface area contributed by atoms with Crippen LogP contribution in [0.4, 0.5) is 0 Å². The number of benzene rings is 2. The van der Waals surface area contributed by atoms with E-state index in [0.29, 0.717) is 6.04 Å². The molecule has 0 radical (unpaired) electrons. The van der Waals surface area contributed by atoms with Gasteiger partial charge >= 0.3 is 0 Å². The fourth-order valence-electron chi connectivity index (χ4n) is 3.87. The maximum absolute atomic E-state index is 2.63. The fraction of sp³-hybridized carbons (Fsp3) is 0.304. The molecular weight excluding hydrogens is 304 g/mol. The molecule has 1 aromatic heterocycles. The maximum Gasteiger partial charge on any atom is 0.0759 e. The van der Waals surface area contributed by atoms with Crippen LogP contribution in [0.1, 0.15) is 40.4 Å². The lowest BCUT2D eigenvalue weighted by atomic mass is 10.00. The van der Waals surface area contributed by atoms with Gasteiger partial charge in [0.15, 0.2) is 0 Å². The van der Waals surface area contributed by atoms with Crippen LogP contribution in [0.25, 0.3) is 0 Å². The summed E-state index contributed by atoms with van der Waals surface area (Å²) < 4.78 is 2.43. The molecule has 1 aliphatic heterocycles. The molecule has 25 heavy (non-hydrogen) atoms. The molecule has 0 spiro atoms. The van der Waals surface area contributed by atoms with Gasteiger partial charge in [0.05, 0.1) is 6.04 Å². The molecule has 128 valence electrons. The molecule has 0 unspecified atom stereocenters. The Kier molecular flexibility index (Phi) is 4.46. The Morgan fingerprint density at radius 1 is 0.840 bits per heavy atom. The summed E-state index contributed by atoms with van der Waals surface area (Å²) in [5.74, 6) is 0. The van der Waals surface area contributed by atoms with Gasteiger partial charge in [-0.25, -0.2) is 0 Å². The van der Waals surface area contributed by atoms with Gasteiger partial charge in [-0.05, 0) is 43.5 Å². The minimum Gasteiger partial charge on any atom is -0.350 e. The molecule has 2 heteroatoms. The molecule has 1 aliphatic rings. The van der Waals surface area contributed by atoms with Crippen LogP contribution in [-0.2, 0) is 13.1 Å². The summed E-state index contributed by atoms with van der Waals surface area (Å²) in [6, 6.07) is 22.8. The van der Waals surface area contributed by atoms with Crippen molar-refractivity contribution in [2.75, 3.05) is 6.54 Å². The highest BCUT2D eigenvalue weighted by Crippen LogP contribution is 2.33. The third-order valence-corrected chi connectivity index (χ3v) is 5.25. The van der Waals surface area contributed by atoms with Crippen LogP contribution in [0.2, 0.25) is 0 Å². The van der Waals surface area contributed by atoms with E-state index in [-0.39, 0.29) is 0 Å². The minimum atomic E-state index is 0.319. The van der Waals surface area contributed by atoms with E-state index >= 15 is 0 Å². The summed E-state index contributed by atoms with van der Waals surface area (Å²) >= 11 is 0. The molecule has 2 aromatic carbocycles. The van der Waals surface area contributed by atoms with E-state index in [4.69, 9.17) is 0 Å². The third kappa shape index (κ3) is 3.40. The average molecular weight is 330 g/mol. The van der Waals surface area contributed by atoms with E-state index in [1.807, 2.05) is 0 Å². The second-order valence-corrected chi connectivity index (χ2v) is 7.25. The Bertz CT molecular complexity index is 827. The van der Waals surface area contributed by atoms with Gasteiger partial charge in [0.2, 0.25) is 0 Å². The standard InChI is InChI=1S/C23H26N2/c1-18-6-10-20(11-7-18)17-25-16-4-15-24-14-3-5-22(24)23(25)21-12-8-19(2)9-13-21/h3,5-14,23H,4,15-17H2,1-2H3/t23-/m1/s1. The van der Waals surface area contributed by atoms with Gasteiger partial charge < -0.3 is 4.57 Å². The molecule has 0 amide bonds. The van der Waals surface area contributed by atoms with Crippen molar-refractivity contribution < 1.29 is 0 Å². The van der Waals surface area contributed by atoms with Crippen molar-refractivity contribution in [3.63, 3.8) is 0 Å². The number of fused-ring (bicyclic) bond motifs is 1. The quantitative estimate of drug-likeness (QED) is 0.648. The first-order chi connectivity index (χ1) is 12.2. The van der Waals surface area contributed by atoms with Gasteiger partial charge in [-0.15, -0.1) is 0 Å². The monoisotopic (exact) mass is 330 g/mol. The first-order valence-electron chi connectivity index (χ1n) is 9.22. The van der Waals surface area contributed by atoms with E-state index in [0.717, 1.165) is 19.6 Å². The van der Waals surface area contributed by atoms with Crippen LogP contribution in [0.15, 0.2) is 66.9 Å². The van der Waals surface area contributed by atoms with Crippen LogP contribution >= 0.6 is 0 Å². The highest BCUT2D eigenvalue weighted by molar-refractivity contribution is 5.32. The Labute approximate surface area is 150 Å². The second-order valence-electron chi connectivity index (χ2n) is 7.25. The number of aromatic nitrogens is 1. The maximum atomic E-state index is 2.63. The normalized spacial score (nSPS) is 17.9. The zero-order valence-corrected chi connectivity index (χ0v) is 15.2. The number of hydrogen-bond donors (Lipinski definition) is 0. The highest BCUT2D eigenvalue weighted by Gasteiger charge is 2.27. The van der Waals surface area contributed by atoms with Crippen LogP contribution in [0.5, 0.6) is 0 Å². The molecule has 0 bridgehead atoms.